The number of hydrogen-bond acceptors (Lipinski definition) is 4. The average molecular weight is 277 g/mol. The van der Waals surface area contributed by atoms with Crippen molar-refractivity contribution in [2.75, 3.05) is 20.6 Å². The summed E-state index contributed by atoms with van der Waals surface area (Å²) in [5, 5.41) is 7.21. The largest absolute Gasteiger partial charge is 0.309 e. The van der Waals surface area contributed by atoms with Gasteiger partial charge in [-0.25, -0.2) is 0 Å². The summed E-state index contributed by atoms with van der Waals surface area (Å²) in [4.78, 5) is 6.31. The lowest BCUT2D eigenvalue weighted by Gasteiger charge is -2.18. The lowest BCUT2D eigenvalue weighted by Crippen LogP contribution is -2.18. The van der Waals surface area contributed by atoms with E-state index in [9.17, 15) is 0 Å². The Morgan fingerprint density at radius 1 is 1.47 bits per heavy atom. The Kier molecular flexibility index (Phi) is 4.44. The highest BCUT2D eigenvalue weighted by Crippen LogP contribution is 2.22. The van der Waals surface area contributed by atoms with E-state index in [0.29, 0.717) is 10.8 Å². The minimum atomic E-state index is 0.295. The molecule has 0 aliphatic heterocycles. The number of rotatable bonds is 5. The zero-order valence-electron chi connectivity index (χ0n) is 11.5. The summed E-state index contributed by atoms with van der Waals surface area (Å²) >= 11 is 5.34. The molecule has 1 unspecified atom stereocenters. The summed E-state index contributed by atoms with van der Waals surface area (Å²) < 4.78 is 2.72. The zero-order valence-corrected chi connectivity index (χ0v) is 12.3. The van der Waals surface area contributed by atoms with Crippen molar-refractivity contribution in [3.8, 4) is 11.4 Å². The molecular weight excluding hydrogens is 258 g/mol. The molecule has 5 nitrogen and oxygen atoms in total. The standard InChI is InChI=1S/C13H19N5S/c1-10(6-8-17(2)3)18-12(15-16-13(18)19)11-5-4-7-14-9-11/h4-5,7,9-10H,6,8H2,1-3H3,(H,16,19). The van der Waals surface area contributed by atoms with Crippen LogP contribution in [0.4, 0.5) is 0 Å². The summed E-state index contributed by atoms with van der Waals surface area (Å²) in [6, 6.07) is 4.19. The molecule has 0 aromatic carbocycles. The van der Waals surface area contributed by atoms with Gasteiger partial charge < -0.3 is 4.90 Å². The van der Waals surface area contributed by atoms with Crippen LogP contribution >= 0.6 is 12.2 Å². The van der Waals surface area contributed by atoms with Crippen molar-refractivity contribution in [2.24, 2.45) is 0 Å². The van der Waals surface area contributed by atoms with Crippen LogP contribution in [0.1, 0.15) is 19.4 Å². The van der Waals surface area contributed by atoms with E-state index in [1.165, 1.54) is 0 Å². The molecule has 0 fully saturated rings. The molecule has 2 aromatic heterocycles. The number of aromatic nitrogens is 4. The Labute approximate surface area is 118 Å². The van der Waals surface area contributed by atoms with Crippen molar-refractivity contribution >= 4 is 12.2 Å². The van der Waals surface area contributed by atoms with Crippen molar-refractivity contribution in [1.82, 2.24) is 24.6 Å². The van der Waals surface area contributed by atoms with Crippen LogP contribution in [0, 0.1) is 4.77 Å². The minimum Gasteiger partial charge on any atom is -0.309 e. The second-order valence-electron chi connectivity index (χ2n) is 4.91. The van der Waals surface area contributed by atoms with Crippen LogP contribution in [-0.4, -0.2) is 45.3 Å². The molecule has 0 saturated carbocycles. The number of nitrogens with zero attached hydrogens (tertiary/aromatic N) is 4. The van der Waals surface area contributed by atoms with Crippen LogP contribution in [0.5, 0.6) is 0 Å². The Morgan fingerprint density at radius 3 is 2.89 bits per heavy atom. The van der Waals surface area contributed by atoms with Gasteiger partial charge in [0.05, 0.1) is 0 Å². The molecule has 1 N–H and O–H groups in total. The summed E-state index contributed by atoms with van der Waals surface area (Å²) in [5.74, 6) is 0.851. The van der Waals surface area contributed by atoms with Crippen LogP contribution in [0.3, 0.4) is 0 Å². The Morgan fingerprint density at radius 2 is 2.26 bits per heavy atom. The first-order chi connectivity index (χ1) is 9.09. The molecule has 0 radical (unpaired) electrons. The van der Waals surface area contributed by atoms with E-state index in [-0.39, 0.29) is 0 Å². The van der Waals surface area contributed by atoms with Crippen LogP contribution in [0.2, 0.25) is 0 Å². The Hall–Kier alpha value is -1.53. The van der Waals surface area contributed by atoms with Crippen LogP contribution in [-0.2, 0) is 0 Å². The van der Waals surface area contributed by atoms with Gasteiger partial charge in [0.2, 0.25) is 0 Å². The topological polar surface area (TPSA) is 49.7 Å². The summed E-state index contributed by atoms with van der Waals surface area (Å²) in [6.45, 7) is 3.18. The molecule has 0 spiro atoms. The van der Waals surface area contributed by atoms with Crippen molar-refractivity contribution in [2.45, 2.75) is 19.4 Å². The lowest BCUT2D eigenvalue weighted by molar-refractivity contribution is 0.357. The molecule has 6 heteroatoms. The quantitative estimate of drug-likeness (QED) is 0.853. The first kappa shape index (κ1) is 13.9. The van der Waals surface area contributed by atoms with Gasteiger partial charge in [-0.3, -0.25) is 14.6 Å². The lowest BCUT2D eigenvalue weighted by atomic mass is 10.2. The second-order valence-corrected chi connectivity index (χ2v) is 5.29. The predicted octanol–water partition coefficient (Wildman–Crippen LogP) is 2.52. The third kappa shape index (κ3) is 3.27. The van der Waals surface area contributed by atoms with Gasteiger partial charge in [-0.05, 0) is 58.3 Å². The number of pyridine rings is 1. The summed E-state index contributed by atoms with van der Waals surface area (Å²) in [5.41, 5.74) is 0.978. The SMILES string of the molecule is CC(CCN(C)C)n1c(-c2cccnc2)n[nH]c1=S. The average Bonchev–Trinajstić information content (AvgIpc) is 2.79. The fourth-order valence-electron chi connectivity index (χ4n) is 1.99. The molecular formula is C13H19N5S. The van der Waals surface area contributed by atoms with E-state index >= 15 is 0 Å². The first-order valence-electron chi connectivity index (χ1n) is 6.31. The highest BCUT2D eigenvalue weighted by Gasteiger charge is 2.14. The summed E-state index contributed by atoms with van der Waals surface area (Å²) in [6.07, 6.45) is 4.58. The molecule has 102 valence electrons. The molecule has 0 bridgehead atoms. The van der Waals surface area contributed by atoms with Gasteiger partial charge in [-0.1, -0.05) is 0 Å². The summed E-state index contributed by atoms with van der Waals surface area (Å²) in [7, 11) is 4.15. The van der Waals surface area contributed by atoms with Gasteiger partial charge >= 0.3 is 0 Å². The Balaban J connectivity index is 2.30. The van der Waals surface area contributed by atoms with Crippen LogP contribution < -0.4 is 0 Å². The normalized spacial score (nSPS) is 12.8. The zero-order chi connectivity index (χ0) is 13.8. The van der Waals surface area contributed by atoms with Crippen LogP contribution in [0.15, 0.2) is 24.5 Å². The first-order valence-corrected chi connectivity index (χ1v) is 6.72. The van der Waals surface area contributed by atoms with E-state index in [1.807, 2.05) is 12.1 Å². The molecule has 0 aliphatic rings. The van der Waals surface area contributed by atoms with Crippen molar-refractivity contribution in [3.63, 3.8) is 0 Å². The third-order valence-electron chi connectivity index (χ3n) is 3.06. The highest BCUT2D eigenvalue weighted by atomic mass is 32.1. The van der Waals surface area contributed by atoms with E-state index in [4.69, 9.17) is 12.2 Å². The molecule has 2 rings (SSSR count). The van der Waals surface area contributed by atoms with Crippen molar-refractivity contribution in [1.29, 1.82) is 0 Å². The van der Waals surface area contributed by atoms with E-state index < -0.39 is 0 Å². The molecule has 2 heterocycles. The third-order valence-corrected chi connectivity index (χ3v) is 3.35. The van der Waals surface area contributed by atoms with Crippen LogP contribution in [0.25, 0.3) is 11.4 Å². The van der Waals surface area contributed by atoms with E-state index in [2.05, 4.69) is 45.7 Å². The van der Waals surface area contributed by atoms with Gasteiger partial charge in [0, 0.05) is 24.0 Å². The smallest absolute Gasteiger partial charge is 0.195 e. The fourth-order valence-corrected chi connectivity index (χ4v) is 2.30. The molecule has 0 aliphatic carbocycles. The van der Waals surface area contributed by atoms with E-state index in [0.717, 1.165) is 24.4 Å². The molecule has 0 saturated heterocycles. The Bertz CT molecular complexity index is 572. The molecule has 19 heavy (non-hydrogen) atoms. The van der Waals surface area contributed by atoms with Crippen molar-refractivity contribution < 1.29 is 0 Å². The van der Waals surface area contributed by atoms with Gasteiger partial charge in [-0.2, -0.15) is 5.10 Å². The molecule has 1 atom stereocenters. The molecule has 0 amide bonds. The minimum absolute atomic E-state index is 0.295. The van der Waals surface area contributed by atoms with Crippen molar-refractivity contribution in [3.05, 3.63) is 29.3 Å². The number of H-pyrrole nitrogens is 1. The number of aromatic amines is 1. The van der Waals surface area contributed by atoms with Gasteiger partial charge in [0.25, 0.3) is 0 Å². The van der Waals surface area contributed by atoms with E-state index in [1.54, 1.807) is 12.4 Å². The monoisotopic (exact) mass is 277 g/mol. The maximum atomic E-state index is 5.34. The highest BCUT2D eigenvalue weighted by molar-refractivity contribution is 7.71. The van der Waals surface area contributed by atoms with Gasteiger partial charge in [0.1, 0.15) is 0 Å². The predicted molar refractivity (Wildman–Crippen MR) is 78.5 cm³/mol. The van der Waals surface area contributed by atoms with Gasteiger partial charge in [0.15, 0.2) is 10.6 Å². The number of nitrogens with one attached hydrogen (secondary N) is 1. The fraction of sp³-hybridized carbons (Fsp3) is 0.462. The maximum absolute atomic E-state index is 5.34. The van der Waals surface area contributed by atoms with Gasteiger partial charge in [-0.15, -0.1) is 0 Å². The second kappa shape index (κ2) is 6.08. The maximum Gasteiger partial charge on any atom is 0.195 e. The molecule has 2 aromatic rings. The number of hydrogen-bond donors (Lipinski definition) is 1.